The minimum absolute atomic E-state index is 0.0245. The summed E-state index contributed by atoms with van der Waals surface area (Å²) in [6, 6.07) is 16.6. The summed E-state index contributed by atoms with van der Waals surface area (Å²) in [7, 11) is -4.11. The molecule has 3 aromatic rings. The lowest BCUT2D eigenvalue weighted by Gasteiger charge is -2.36. The molecule has 8 nitrogen and oxygen atoms in total. The molecular formula is C22H19N3O5S. The first-order valence-electron chi connectivity index (χ1n) is 9.46. The second kappa shape index (κ2) is 7.51. The van der Waals surface area contributed by atoms with Crippen molar-refractivity contribution in [2.24, 2.45) is 0 Å². The Morgan fingerprint density at radius 1 is 0.935 bits per heavy atom. The lowest BCUT2D eigenvalue weighted by Crippen LogP contribution is -2.51. The van der Waals surface area contributed by atoms with E-state index in [-0.39, 0.29) is 22.8 Å². The van der Waals surface area contributed by atoms with Gasteiger partial charge in [-0.25, -0.2) is 13.2 Å². The van der Waals surface area contributed by atoms with Gasteiger partial charge in [0.15, 0.2) is 0 Å². The van der Waals surface area contributed by atoms with E-state index in [9.17, 15) is 23.3 Å². The molecule has 0 bridgehead atoms. The topological polar surface area (TPSA) is 101 Å². The number of sulfonamides is 1. The van der Waals surface area contributed by atoms with Gasteiger partial charge in [0.05, 0.1) is 22.8 Å². The Bertz CT molecular complexity index is 1300. The Hall–Kier alpha value is -3.72. The van der Waals surface area contributed by atoms with Gasteiger partial charge >= 0.3 is 6.03 Å². The van der Waals surface area contributed by atoms with Gasteiger partial charge in [-0.2, -0.15) is 4.31 Å². The zero-order valence-corrected chi connectivity index (χ0v) is 17.7. The number of carbonyl (C=O) groups excluding carboxylic acids is 1. The maximum absolute atomic E-state index is 13.5. The average molecular weight is 437 g/mol. The predicted molar refractivity (Wildman–Crippen MR) is 117 cm³/mol. The normalized spacial score (nSPS) is 15.0. The van der Waals surface area contributed by atoms with E-state index in [1.165, 1.54) is 23.1 Å². The smallest absolute Gasteiger partial charge is 0.287 e. The van der Waals surface area contributed by atoms with Crippen molar-refractivity contribution in [3.05, 3.63) is 93.5 Å². The first-order chi connectivity index (χ1) is 14.7. The Morgan fingerprint density at radius 2 is 1.61 bits per heavy atom. The summed E-state index contributed by atoms with van der Waals surface area (Å²) in [6.45, 7) is 3.70. The van der Waals surface area contributed by atoms with Crippen molar-refractivity contribution in [2.45, 2.75) is 25.3 Å². The summed E-state index contributed by atoms with van der Waals surface area (Å²) in [5, 5.41) is 10.9. The number of hydrogen-bond donors (Lipinski definition) is 0. The first kappa shape index (κ1) is 20.5. The number of hydrogen-bond acceptors (Lipinski definition) is 5. The third-order valence-electron chi connectivity index (χ3n) is 5.14. The molecule has 0 fully saturated rings. The fourth-order valence-electron chi connectivity index (χ4n) is 3.64. The predicted octanol–water partition coefficient (Wildman–Crippen LogP) is 4.55. The standard InChI is InChI=1S/C22H19N3O5S/c1-15-7-12-19(16(2)13-15)24-22(26)23(14-17-8-10-18(11-9-17)25(27)28)20-5-3-4-6-21(20)31(24,29)30/h3-13H,14H2,1-2H3. The van der Waals surface area contributed by atoms with E-state index in [2.05, 4.69) is 0 Å². The lowest BCUT2D eigenvalue weighted by atomic mass is 10.1. The van der Waals surface area contributed by atoms with Crippen molar-refractivity contribution in [3.63, 3.8) is 0 Å². The number of carbonyl (C=O) groups is 1. The number of nitrogens with zero attached hydrogens (tertiary/aromatic N) is 3. The highest BCUT2D eigenvalue weighted by Gasteiger charge is 2.42. The Balaban J connectivity index is 1.83. The maximum Gasteiger partial charge on any atom is 0.343 e. The zero-order valence-electron chi connectivity index (χ0n) is 16.8. The molecule has 1 aliphatic rings. The van der Waals surface area contributed by atoms with E-state index < -0.39 is 21.0 Å². The third kappa shape index (κ3) is 3.53. The van der Waals surface area contributed by atoms with Crippen LogP contribution in [0.25, 0.3) is 0 Å². The molecule has 2 amide bonds. The number of fused-ring (bicyclic) bond motifs is 1. The molecule has 0 radical (unpaired) electrons. The first-order valence-corrected chi connectivity index (χ1v) is 10.9. The molecule has 0 unspecified atom stereocenters. The monoisotopic (exact) mass is 437 g/mol. The number of nitro benzene ring substituents is 1. The van der Waals surface area contributed by atoms with Crippen molar-refractivity contribution in [1.82, 2.24) is 0 Å². The molecule has 0 saturated carbocycles. The van der Waals surface area contributed by atoms with E-state index in [4.69, 9.17) is 0 Å². The minimum atomic E-state index is -4.11. The molecule has 0 spiro atoms. The van der Waals surface area contributed by atoms with E-state index in [1.54, 1.807) is 49.4 Å². The van der Waals surface area contributed by atoms with Crippen LogP contribution in [-0.2, 0) is 16.6 Å². The van der Waals surface area contributed by atoms with E-state index in [1.807, 2.05) is 13.0 Å². The molecule has 4 rings (SSSR count). The summed E-state index contributed by atoms with van der Waals surface area (Å²) >= 11 is 0. The number of nitro groups is 1. The van der Waals surface area contributed by atoms with Gasteiger partial charge in [-0.1, -0.05) is 42.0 Å². The van der Waals surface area contributed by atoms with E-state index in [0.717, 1.165) is 9.87 Å². The van der Waals surface area contributed by atoms with Crippen molar-refractivity contribution >= 4 is 33.1 Å². The molecule has 0 N–H and O–H groups in total. The maximum atomic E-state index is 13.5. The van der Waals surface area contributed by atoms with E-state index >= 15 is 0 Å². The van der Waals surface area contributed by atoms with Crippen molar-refractivity contribution in [2.75, 3.05) is 9.21 Å². The van der Waals surface area contributed by atoms with E-state index in [0.29, 0.717) is 16.8 Å². The minimum Gasteiger partial charge on any atom is -0.287 e. The summed E-state index contributed by atoms with van der Waals surface area (Å²) in [6.07, 6.45) is 0. The molecule has 0 aromatic heterocycles. The molecule has 1 aliphatic heterocycles. The summed E-state index contributed by atoms with van der Waals surface area (Å²) < 4.78 is 27.6. The number of anilines is 2. The van der Waals surface area contributed by atoms with Gasteiger partial charge in [0, 0.05) is 12.1 Å². The number of para-hydroxylation sites is 1. The van der Waals surface area contributed by atoms with Crippen LogP contribution in [0.15, 0.2) is 71.6 Å². The van der Waals surface area contributed by atoms with Crippen LogP contribution >= 0.6 is 0 Å². The van der Waals surface area contributed by atoms with Crippen LogP contribution in [0, 0.1) is 24.0 Å². The second-order valence-electron chi connectivity index (χ2n) is 7.32. The fraction of sp³-hybridized carbons (Fsp3) is 0.136. The number of amides is 2. The van der Waals surface area contributed by atoms with Crippen molar-refractivity contribution in [1.29, 1.82) is 0 Å². The molecule has 0 saturated heterocycles. The van der Waals surface area contributed by atoms with Gasteiger partial charge in [-0.15, -0.1) is 0 Å². The third-order valence-corrected chi connectivity index (χ3v) is 6.87. The number of aryl methyl sites for hydroxylation is 2. The molecule has 0 atom stereocenters. The second-order valence-corrected chi connectivity index (χ2v) is 9.07. The number of non-ortho nitro benzene ring substituents is 1. The fourth-order valence-corrected chi connectivity index (χ4v) is 5.29. The highest BCUT2D eigenvalue weighted by Crippen LogP contribution is 2.39. The van der Waals surface area contributed by atoms with Gasteiger partial charge < -0.3 is 0 Å². The van der Waals surface area contributed by atoms with Crippen LogP contribution in [0.4, 0.5) is 21.9 Å². The molecular weight excluding hydrogens is 418 g/mol. The summed E-state index contributed by atoms with van der Waals surface area (Å²) in [5.41, 5.74) is 2.74. The van der Waals surface area contributed by atoms with Gasteiger partial charge in [0.1, 0.15) is 4.90 Å². The molecule has 9 heteroatoms. The quantitative estimate of drug-likeness (QED) is 0.440. The molecule has 3 aromatic carbocycles. The molecule has 0 aliphatic carbocycles. The number of urea groups is 1. The zero-order chi connectivity index (χ0) is 22.3. The van der Waals surface area contributed by atoms with Crippen molar-refractivity contribution in [3.8, 4) is 0 Å². The Kier molecular flexibility index (Phi) is 4.98. The highest BCUT2D eigenvalue weighted by atomic mass is 32.2. The van der Waals surface area contributed by atoms with Crippen LogP contribution in [-0.4, -0.2) is 19.4 Å². The molecule has 31 heavy (non-hydrogen) atoms. The lowest BCUT2D eigenvalue weighted by molar-refractivity contribution is -0.384. The van der Waals surface area contributed by atoms with Crippen LogP contribution in [0.2, 0.25) is 0 Å². The van der Waals surface area contributed by atoms with Gasteiger partial charge in [-0.05, 0) is 43.2 Å². The highest BCUT2D eigenvalue weighted by molar-refractivity contribution is 7.94. The SMILES string of the molecule is Cc1ccc(N2C(=O)N(Cc3ccc([N+](=O)[O-])cc3)c3ccccc3S2(=O)=O)c(C)c1. The van der Waals surface area contributed by atoms with Crippen LogP contribution < -0.4 is 9.21 Å². The van der Waals surface area contributed by atoms with Gasteiger partial charge in [0.25, 0.3) is 15.7 Å². The summed E-state index contributed by atoms with van der Waals surface area (Å²) in [4.78, 5) is 25.3. The summed E-state index contributed by atoms with van der Waals surface area (Å²) in [5.74, 6) is 0. The van der Waals surface area contributed by atoms with Crippen LogP contribution in [0.5, 0.6) is 0 Å². The molecule has 1 heterocycles. The van der Waals surface area contributed by atoms with Gasteiger partial charge in [-0.3, -0.25) is 15.0 Å². The van der Waals surface area contributed by atoms with Gasteiger partial charge in [0.2, 0.25) is 0 Å². The van der Waals surface area contributed by atoms with Crippen LogP contribution in [0.1, 0.15) is 16.7 Å². The van der Waals surface area contributed by atoms with Crippen LogP contribution in [0.3, 0.4) is 0 Å². The number of benzene rings is 3. The van der Waals surface area contributed by atoms with Crippen molar-refractivity contribution < 1.29 is 18.1 Å². The number of rotatable bonds is 4. The Labute approximate surface area is 179 Å². The largest absolute Gasteiger partial charge is 0.343 e. The molecule has 158 valence electrons. The Morgan fingerprint density at radius 3 is 2.26 bits per heavy atom. The average Bonchev–Trinajstić information content (AvgIpc) is 2.73.